The van der Waals surface area contributed by atoms with E-state index < -0.39 is 0 Å². The lowest BCUT2D eigenvalue weighted by Crippen LogP contribution is -2.51. The van der Waals surface area contributed by atoms with E-state index in [-0.39, 0.29) is 0 Å². The zero-order chi connectivity index (χ0) is 16.2. The molecule has 3 nitrogen and oxygen atoms in total. The van der Waals surface area contributed by atoms with Crippen molar-refractivity contribution in [3.05, 3.63) is 0 Å². The minimum Gasteiger partial charge on any atom is -0.312 e. The molecule has 3 heteroatoms. The van der Waals surface area contributed by atoms with Gasteiger partial charge < -0.3 is 5.32 Å². The van der Waals surface area contributed by atoms with Crippen LogP contribution in [0.25, 0.3) is 0 Å². The Morgan fingerprint density at radius 3 is 2.29 bits per heavy atom. The lowest BCUT2D eigenvalue weighted by Gasteiger charge is -2.35. The summed E-state index contributed by atoms with van der Waals surface area (Å²) in [5, 5.41) is 7.67. The van der Waals surface area contributed by atoms with E-state index in [4.69, 9.17) is 0 Å². The van der Waals surface area contributed by atoms with Crippen LogP contribution in [0.3, 0.4) is 0 Å². The summed E-state index contributed by atoms with van der Waals surface area (Å²) >= 11 is 0. The van der Waals surface area contributed by atoms with Crippen molar-refractivity contribution < 1.29 is 0 Å². The maximum Gasteiger partial charge on any atom is 0.0647 e. The van der Waals surface area contributed by atoms with Gasteiger partial charge in [0.15, 0.2) is 0 Å². The fourth-order valence-corrected chi connectivity index (χ4v) is 4.72. The van der Waals surface area contributed by atoms with Crippen LogP contribution in [0.4, 0.5) is 0 Å². The van der Waals surface area contributed by atoms with Gasteiger partial charge in [-0.15, -0.1) is 0 Å². The lowest BCUT2D eigenvalue weighted by atomic mass is 9.76. The Morgan fingerprint density at radius 1 is 1.10 bits per heavy atom. The summed E-state index contributed by atoms with van der Waals surface area (Å²) in [7, 11) is 2.30. The highest BCUT2D eigenvalue weighted by Gasteiger charge is 2.56. The second-order valence-electron chi connectivity index (χ2n) is 6.64. The monoisotopic (exact) mass is 297 g/mol. The molecule has 6 atom stereocenters. The summed E-state index contributed by atoms with van der Waals surface area (Å²) in [4.78, 5) is 2.58. The standard InChI is InChI=1S/C14H27N3.2C2H6/c1-8(2)11-9(3)17(4)14-12(11)13-10(16-14)6-5-7-15-13;2*1-2/h8-16H,5-7H2,1-4H3;2*1-2H3. The molecule has 3 fully saturated rings. The van der Waals surface area contributed by atoms with Crippen molar-refractivity contribution in [1.29, 1.82) is 0 Å². The van der Waals surface area contributed by atoms with E-state index in [0.717, 1.165) is 23.8 Å². The first-order chi connectivity index (χ1) is 10.1. The van der Waals surface area contributed by atoms with Gasteiger partial charge in [0, 0.05) is 24.0 Å². The Kier molecular flexibility index (Phi) is 7.66. The molecule has 3 saturated heterocycles. The molecule has 6 unspecified atom stereocenters. The molecule has 0 aromatic heterocycles. The normalized spacial score (nSPS) is 41.6. The Hall–Kier alpha value is -0.120. The van der Waals surface area contributed by atoms with Gasteiger partial charge in [-0.05, 0) is 45.2 Å². The van der Waals surface area contributed by atoms with E-state index >= 15 is 0 Å². The molecule has 0 bridgehead atoms. The van der Waals surface area contributed by atoms with Crippen LogP contribution in [-0.4, -0.2) is 42.8 Å². The van der Waals surface area contributed by atoms with Crippen LogP contribution in [0.1, 0.15) is 61.3 Å². The topological polar surface area (TPSA) is 27.3 Å². The van der Waals surface area contributed by atoms with E-state index in [1.165, 1.54) is 19.4 Å². The molecule has 0 radical (unpaired) electrons. The van der Waals surface area contributed by atoms with Crippen molar-refractivity contribution in [1.82, 2.24) is 15.5 Å². The Morgan fingerprint density at radius 2 is 1.71 bits per heavy atom. The maximum absolute atomic E-state index is 3.88. The number of nitrogens with zero attached hydrogens (tertiary/aromatic N) is 1. The molecule has 0 aliphatic carbocycles. The molecule has 0 amide bonds. The SMILES string of the molecule is CC.CC.CC(C)C1C2C3NCCCC3NC2N(C)C1C. The molecule has 126 valence electrons. The van der Waals surface area contributed by atoms with Gasteiger partial charge in [-0.25, -0.2) is 0 Å². The summed E-state index contributed by atoms with van der Waals surface area (Å²) in [6.07, 6.45) is 3.30. The summed E-state index contributed by atoms with van der Waals surface area (Å²) in [5.74, 6) is 2.42. The Balaban J connectivity index is 0.000000510. The van der Waals surface area contributed by atoms with E-state index in [2.05, 4.69) is 43.4 Å². The average molecular weight is 298 g/mol. The maximum atomic E-state index is 3.88. The molecule has 3 aliphatic rings. The smallest absolute Gasteiger partial charge is 0.0647 e. The van der Waals surface area contributed by atoms with Gasteiger partial charge in [-0.3, -0.25) is 10.2 Å². The first kappa shape index (κ1) is 18.9. The number of likely N-dealkylation sites (tertiary alicyclic amines) is 1. The van der Waals surface area contributed by atoms with Crippen molar-refractivity contribution in [3.8, 4) is 0 Å². The molecule has 3 heterocycles. The number of nitrogens with one attached hydrogen (secondary N) is 2. The molecule has 3 aliphatic heterocycles. The van der Waals surface area contributed by atoms with E-state index in [9.17, 15) is 0 Å². The number of rotatable bonds is 1. The predicted octanol–water partition coefficient (Wildman–Crippen LogP) is 3.31. The molecule has 0 aromatic rings. The number of piperidine rings is 1. The summed E-state index contributed by atoms with van der Waals surface area (Å²) in [6.45, 7) is 16.4. The molecule has 0 aromatic carbocycles. The third-order valence-corrected chi connectivity index (χ3v) is 5.52. The third kappa shape index (κ3) is 3.46. The summed E-state index contributed by atoms with van der Waals surface area (Å²) < 4.78 is 0. The molecule has 3 rings (SSSR count). The fourth-order valence-electron chi connectivity index (χ4n) is 4.72. The summed E-state index contributed by atoms with van der Waals surface area (Å²) in [5.41, 5.74) is 0. The zero-order valence-corrected chi connectivity index (χ0v) is 15.6. The van der Waals surface area contributed by atoms with Crippen LogP contribution in [0.2, 0.25) is 0 Å². The highest BCUT2D eigenvalue weighted by atomic mass is 15.4. The molecular formula is C18H39N3. The van der Waals surface area contributed by atoms with Crippen LogP contribution in [0.15, 0.2) is 0 Å². The first-order valence-electron chi connectivity index (χ1n) is 9.32. The first-order valence-corrected chi connectivity index (χ1v) is 9.32. The van der Waals surface area contributed by atoms with Crippen molar-refractivity contribution in [2.75, 3.05) is 13.6 Å². The van der Waals surface area contributed by atoms with Crippen LogP contribution in [-0.2, 0) is 0 Å². The van der Waals surface area contributed by atoms with Crippen LogP contribution < -0.4 is 10.6 Å². The fraction of sp³-hybridized carbons (Fsp3) is 1.00. The predicted molar refractivity (Wildman–Crippen MR) is 93.5 cm³/mol. The number of hydrogen-bond donors (Lipinski definition) is 2. The largest absolute Gasteiger partial charge is 0.312 e. The zero-order valence-electron chi connectivity index (χ0n) is 15.6. The van der Waals surface area contributed by atoms with Crippen LogP contribution >= 0.6 is 0 Å². The molecular weight excluding hydrogens is 258 g/mol. The van der Waals surface area contributed by atoms with Crippen molar-refractivity contribution in [2.45, 2.75) is 85.6 Å². The van der Waals surface area contributed by atoms with E-state index in [0.29, 0.717) is 18.2 Å². The second kappa shape index (κ2) is 8.50. The van der Waals surface area contributed by atoms with Gasteiger partial charge in [0.25, 0.3) is 0 Å². The molecule has 0 spiro atoms. The quantitative estimate of drug-likeness (QED) is 0.777. The third-order valence-electron chi connectivity index (χ3n) is 5.52. The van der Waals surface area contributed by atoms with Crippen molar-refractivity contribution in [2.24, 2.45) is 17.8 Å². The van der Waals surface area contributed by atoms with E-state index in [1.807, 2.05) is 27.7 Å². The number of fused-ring (bicyclic) bond motifs is 3. The molecule has 21 heavy (non-hydrogen) atoms. The number of hydrogen-bond acceptors (Lipinski definition) is 3. The van der Waals surface area contributed by atoms with Gasteiger partial charge in [0.1, 0.15) is 0 Å². The van der Waals surface area contributed by atoms with Crippen molar-refractivity contribution in [3.63, 3.8) is 0 Å². The van der Waals surface area contributed by atoms with Crippen molar-refractivity contribution >= 4 is 0 Å². The minimum absolute atomic E-state index is 0.609. The Labute approximate surface area is 133 Å². The summed E-state index contributed by atoms with van der Waals surface area (Å²) in [6, 6.07) is 2.14. The minimum atomic E-state index is 0.609. The highest BCUT2D eigenvalue weighted by Crippen LogP contribution is 2.45. The average Bonchev–Trinajstić information content (AvgIpc) is 3.00. The molecule has 0 saturated carbocycles. The van der Waals surface area contributed by atoms with Gasteiger partial charge >= 0.3 is 0 Å². The van der Waals surface area contributed by atoms with E-state index in [1.54, 1.807) is 0 Å². The van der Waals surface area contributed by atoms with Gasteiger partial charge in [0.05, 0.1) is 6.17 Å². The molecule has 2 N–H and O–H groups in total. The Bertz CT molecular complexity index is 290. The van der Waals surface area contributed by atoms with Gasteiger partial charge in [0.2, 0.25) is 0 Å². The van der Waals surface area contributed by atoms with Crippen LogP contribution in [0.5, 0.6) is 0 Å². The van der Waals surface area contributed by atoms with Crippen LogP contribution in [0, 0.1) is 17.8 Å². The lowest BCUT2D eigenvalue weighted by molar-refractivity contribution is 0.181. The second-order valence-corrected chi connectivity index (χ2v) is 6.64. The van der Waals surface area contributed by atoms with Gasteiger partial charge in [-0.1, -0.05) is 41.5 Å². The highest BCUT2D eigenvalue weighted by molar-refractivity contribution is 5.11. The van der Waals surface area contributed by atoms with Gasteiger partial charge in [-0.2, -0.15) is 0 Å².